The lowest BCUT2D eigenvalue weighted by molar-refractivity contribution is 0.0756. The lowest BCUT2D eigenvalue weighted by atomic mass is 10.1. The first-order valence-electron chi connectivity index (χ1n) is 6.51. The summed E-state index contributed by atoms with van der Waals surface area (Å²) < 4.78 is 6.33. The first-order chi connectivity index (χ1) is 9.75. The molecule has 0 saturated carbocycles. The molecule has 2 rings (SSSR count). The van der Waals surface area contributed by atoms with E-state index in [9.17, 15) is 4.79 Å². The topological polar surface area (TPSA) is 39.2 Å². The van der Waals surface area contributed by atoms with E-state index in [1.807, 2.05) is 30.3 Å². The van der Waals surface area contributed by atoms with Crippen molar-refractivity contribution in [1.29, 1.82) is 0 Å². The van der Waals surface area contributed by atoms with Gasteiger partial charge in [-0.3, -0.25) is 9.78 Å². The Bertz CT molecular complexity index is 557. The highest BCUT2D eigenvalue weighted by atomic mass is 79.9. The smallest absolute Gasteiger partial charge is 0.188 e. The zero-order chi connectivity index (χ0) is 14.2. The highest BCUT2D eigenvalue weighted by Gasteiger charge is 2.05. The molecule has 0 N–H and O–H groups in total. The van der Waals surface area contributed by atoms with Gasteiger partial charge < -0.3 is 4.74 Å². The van der Waals surface area contributed by atoms with Crippen molar-refractivity contribution in [2.24, 2.45) is 0 Å². The van der Waals surface area contributed by atoms with Crippen LogP contribution in [0.1, 0.15) is 22.3 Å². The average Bonchev–Trinajstić information content (AvgIpc) is 2.48. The van der Waals surface area contributed by atoms with Gasteiger partial charge in [-0.1, -0.05) is 28.1 Å². The van der Waals surface area contributed by atoms with Gasteiger partial charge in [0, 0.05) is 29.0 Å². The summed E-state index contributed by atoms with van der Waals surface area (Å²) in [6.07, 6.45) is 5.41. The quantitative estimate of drug-likeness (QED) is 0.573. The second-order valence-electron chi connectivity index (χ2n) is 4.45. The zero-order valence-corrected chi connectivity index (χ0v) is 12.7. The first-order valence-corrected chi connectivity index (χ1v) is 7.30. The van der Waals surface area contributed by atoms with Gasteiger partial charge >= 0.3 is 0 Å². The van der Waals surface area contributed by atoms with Crippen LogP contribution in [-0.2, 0) is 11.2 Å². The van der Waals surface area contributed by atoms with Crippen molar-refractivity contribution in [1.82, 2.24) is 4.98 Å². The van der Waals surface area contributed by atoms with Crippen LogP contribution in [0.2, 0.25) is 0 Å². The minimum absolute atomic E-state index is 0.00945. The van der Waals surface area contributed by atoms with Crippen molar-refractivity contribution in [3.63, 3.8) is 0 Å². The number of aromatic nitrogens is 1. The summed E-state index contributed by atoms with van der Waals surface area (Å²) >= 11 is 3.35. The molecule has 0 unspecified atom stereocenters. The largest absolute Gasteiger partial charge is 0.373 e. The summed E-state index contributed by atoms with van der Waals surface area (Å²) in [5.74, 6) is 0.00945. The molecule has 3 nitrogen and oxygen atoms in total. The summed E-state index contributed by atoms with van der Waals surface area (Å²) in [4.78, 5) is 15.8. The molecule has 2 aromatic rings. The third kappa shape index (κ3) is 4.87. The average molecular weight is 334 g/mol. The summed E-state index contributed by atoms with van der Waals surface area (Å²) in [6, 6.07) is 11.3. The van der Waals surface area contributed by atoms with Crippen LogP contribution in [0.3, 0.4) is 0 Å². The summed E-state index contributed by atoms with van der Waals surface area (Å²) in [6.45, 7) is 0.717. The van der Waals surface area contributed by atoms with Crippen LogP contribution in [0.25, 0.3) is 0 Å². The summed E-state index contributed by atoms with van der Waals surface area (Å²) in [7, 11) is 0. The van der Waals surface area contributed by atoms with Gasteiger partial charge in [-0.2, -0.15) is 0 Å². The van der Waals surface area contributed by atoms with Gasteiger partial charge in [-0.05, 0) is 42.7 Å². The van der Waals surface area contributed by atoms with E-state index in [-0.39, 0.29) is 12.4 Å². The molecule has 0 radical (unpaired) electrons. The number of ether oxygens (including phenoxy) is 1. The molecule has 0 atom stereocenters. The monoisotopic (exact) mass is 333 g/mol. The number of benzene rings is 1. The van der Waals surface area contributed by atoms with Crippen LogP contribution in [-0.4, -0.2) is 24.0 Å². The second-order valence-corrected chi connectivity index (χ2v) is 5.36. The van der Waals surface area contributed by atoms with E-state index in [0.29, 0.717) is 12.2 Å². The minimum Gasteiger partial charge on any atom is -0.373 e. The van der Waals surface area contributed by atoms with E-state index >= 15 is 0 Å². The lowest BCUT2D eigenvalue weighted by Crippen LogP contribution is -2.10. The van der Waals surface area contributed by atoms with Crippen molar-refractivity contribution in [2.45, 2.75) is 12.8 Å². The molecule has 0 fully saturated rings. The Balaban J connectivity index is 1.67. The molecule has 1 aromatic heterocycles. The lowest BCUT2D eigenvalue weighted by Gasteiger charge is -2.04. The third-order valence-corrected chi connectivity index (χ3v) is 3.38. The number of hydrogen-bond acceptors (Lipinski definition) is 3. The Hall–Kier alpha value is -1.52. The van der Waals surface area contributed by atoms with E-state index < -0.39 is 0 Å². The van der Waals surface area contributed by atoms with E-state index in [1.165, 1.54) is 5.56 Å². The molecule has 0 aliphatic carbocycles. The molecule has 0 aliphatic rings. The molecule has 0 aliphatic heterocycles. The number of carbonyl (C=O) groups excluding carboxylic acids is 1. The van der Waals surface area contributed by atoms with Gasteiger partial charge in [0.15, 0.2) is 5.78 Å². The molecule has 4 heteroatoms. The number of Topliss-reactive ketones (excluding diaryl/α,β-unsaturated/α-hetero) is 1. The Morgan fingerprint density at radius 3 is 2.75 bits per heavy atom. The third-order valence-electron chi connectivity index (χ3n) is 2.88. The number of nitrogens with zero attached hydrogens (tertiary/aromatic N) is 1. The van der Waals surface area contributed by atoms with Crippen molar-refractivity contribution in [3.8, 4) is 0 Å². The number of rotatable bonds is 7. The number of hydrogen-bond donors (Lipinski definition) is 0. The van der Waals surface area contributed by atoms with Crippen LogP contribution in [0.15, 0.2) is 53.3 Å². The predicted molar refractivity (Wildman–Crippen MR) is 81.8 cm³/mol. The maximum atomic E-state index is 11.9. The van der Waals surface area contributed by atoms with Gasteiger partial charge in [0.2, 0.25) is 0 Å². The fourth-order valence-corrected chi connectivity index (χ4v) is 2.24. The van der Waals surface area contributed by atoms with Gasteiger partial charge in [-0.25, -0.2) is 0 Å². The molecular formula is C16H16BrNO2. The highest BCUT2D eigenvalue weighted by Crippen LogP contribution is 2.12. The normalized spacial score (nSPS) is 10.4. The van der Waals surface area contributed by atoms with Crippen LogP contribution in [0, 0.1) is 0 Å². The van der Waals surface area contributed by atoms with Gasteiger partial charge in [-0.15, -0.1) is 0 Å². The maximum absolute atomic E-state index is 11.9. The number of pyridine rings is 1. The maximum Gasteiger partial charge on any atom is 0.188 e. The van der Waals surface area contributed by atoms with Crippen molar-refractivity contribution < 1.29 is 9.53 Å². The van der Waals surface area contributed by atoms with E-state index in [0.717, 1.165) is 17.3 Å². The first kappa shape index (κ1) is 14.9. The number of halogens is 1. The minimum atomic E-state index is 0.00945. The Morgan fingerprint density at radius 1 is 1.20 bits per heavy atom. The van der Waals surface area contributed by atoms with Gasteiger partial charge in [0.25, 0.3) is 0 Å². The second kappa shape index (κ2) is 7.92. The molecule has 104 valence electrons. The van der Waals surface area contributed by atoms with E-state index in [4.69, 9.17) is 4.74 Å². The molecule has 1 heterocycles. The van der Waals surface area contributed by atoms with Gasteiger partial charge in [0.05, 0.1) is 0 Å². The molecule has 20 heavy (non-hydrogen) atoms. The van der Waals surface area contributed by atoms with Crippen LogP contribution < -0.4 is 0 Å². The Labute approximate surface area is 127 Å². The van der Waals surface area contributed by atoms with Crippen LogP contribution in [0.4, 0.5) is 0 Å². The number of ketones is 1. The molecular weight excluding hydrogens is 318 g/mol. The van der Waals surface area contributed by atoms with Crippen molar-refractivity contribution in [2.75, 3.05) is 13.2 Å². The SMILES string of the molecule is O=C(COCCCc1ccncc1)c1cccc(Br)c1. The molecule has 0 saturated heterocycles. The summed E-state index contributed by atoms with van der Waals surface area (Å²) in [5.41, 5.74) is 1.91. The fourth-order valence-electron chi connectivity index (χ4n) is 1.84. The summed E-state index contributed by atoms with van der Waals surface area (Å²) in [5, 5.41) is 0. The van der Waals surface area contributed by atoms with Crippen molar-refractivity contribution >= 4 is 21.7 Å². The molecule has 0 spiro atoms. The predicted octanol–water partition coefficient (Wildman–Crippen LogP) is 3.68. The van der Waals surface area contributed by atoms with E-state index in [1.54, 1.807) is 18.5 Å². The number of aryl methyl sites for hydroxylation is 1. The molecule has 0 bridgehead atoms. The number of carbonyl (C=O) groups is 1. The fraction of sp³-hybridized carbons (Fsp3) is 0.250. The standard InChI is InChI=1S/C16H16BrNO2/c17-15-5-1-4-14(11-15)16(19)12-20-10-2-3-13-6-8-18-9-7-13/h1,4-9,11H,2-3,10,12H2. The van der Waals surface area contributed by atoms with Crippen LogP contribution in [0.5, 0.6) is 0 Å². The highest BCUT2D eigenvalue weighted by molar-refractivity contribution is 9.10. The van der Waals surface area contributed by atoms with E-state index in [2.05, 4.69) is 20.9 Å². The zero-order valence-electron chi connectivity index (χ0n) is 11.1. The Kier molecular flexibility index (Phi) is 5.89. The molecule has 0 amide bonds. The van der Waals surface area contributed by atoms with Gasteiger partial charge in [0.1, 0.15) is 6.61 Å². The van der Waals surface area contributed by atoms with Crippen molar-refractivity contribution in [3.05, 3.63) is 64.4 Å². The molecule has 1 aromatic carbocycles. The van der Waals surface area contributed by atoms with Crippen LogP contribution >= 0.6 is 15.9 Å². The Morgan fingerprint density at radius 2 is 2.00 bits per heavy atom.